The van der Waals surface area contributed by atoms with Crippen LogP contribution in [0.3, 0.4) is 0 Å². The van der Waals surface area contributed by atoms with Gasteiger partial charge in [0, 0.05) is 17.4 Å². The first-order valence-corrected chi connectivity index (χ1v) is 15.3. The molecule has 2 aromatic rings. The van der Waals surface area contributed by atoms with Crippen LogP contribution in [-0.2, 0) is 24.9 Å². The predicted octanol–water partition coefficient (Wildman–Crippen LogP) is 2.02. The van der Waals surface area contributed by atoms with Crippen molar-refractivity contribution in [3.63, 3.8) is 0 Å². The van der Waals surface area contributed by atoms with Gasteiger partial charge in [0.25, 0.3) is 0 Å². The zero-order valence-electron chi connectivity index (χ0n) is 25.0. The number of hydrogen-bond acceptors (Lipinski definition) is 10. The number of rotatable bonds is 5. The van der Waals surface area contributed by atoms with Gasteiger partial charge in [0.1, 0.15) is 35.1 Å². The van der Waals surface area contributed by atoms with Gasteiger partial charge in [-0.2, -0.15) is 0 Å². The van der Waals surface area contributed by atoms with Crippen molar-refractivity contribution in [3.8, 4) is 0 Å². The van der Waals surface area contributed by atoms with E-state index in [4.69, 9.17) is 18.9 Å². The third-order valence-corrected chi connectivity index (χ3v) is 11.4. The maximum Gasteiger partial charge on any atom is 0.338 e. The summed E-state index contributed by atoms with van der Waals surface area (Å²) in [6, 6.07) is 17.4. The number of esters is 1. The van der Waals surface area contributed by atoms with Gasteiger partial charge in [-0.1, -0.05) is 69.0 Å². The van der Waals surface area contributed by atoms with Crippen molar-refractivity contribution in [2.75, 3.05) is 6.61 Å². The highest BCUT2D eigenvalue weighted by molar-refractivity contribution is 5.89. The zero-order valence-corrected chi connectivity index (χ0v) is 25.0. The molecule has 236 valence electrons. The fraction of sp³-hybridized carbons (Fsp3) is 0.559. The summed E-state index contributed by atoms with van der Waals surface area (Å²) in [6.07, 6.45) is -5.71. The quantitative estimate of drug-likeness (QED) is 0.252. The van der Waals surface area contributed by atoms with E-state index in [1.807, 2.05) is 32.0 Å². The molecule has 3 bridgehead atoms. The van der Waals surface area contributed by atoms with Crippen molar-refractivity contribution in [2.24, 2.45) is 23.7 Å². The van der Waals surface area contributed by atoms with E-state index in [1.165, 1.54) is 0 Å². The van der Waals surface area contributed by atoms with Crippen molar-refractivity contribution in [1.82, 2.24) is 0 Å². The lowest BCUT2D eigenvalue weighted by atomic mass is 9.53. The Hall–Kier alpha value is -2.67. The SMILES string of the molecule is C=C(C)[C@]12C[C@@H](C)[C@@]34O[C@](c5ccccc5)(O[C@@H]1[C@@H]3[C@H](O)[C@](O)(CO)[C@@H](O)[C@@]1(O)[C@H]4C[C@H](C)[C@@H]1OC(=O)c1ccccc1)O2. The molecule has 5 fully saturated rings. The molecule has 5 N–H and O–H groups in total. The number of hydrogen-bond donors (Lipinski definition) is 5. The minimum atomic E-state index is -2.65. The second-order valence-corrected chi connectivity index (χ2v) is 13.7. The maximum atomic E-state index is 13.4. The molecule has 0 spiro atoms. The van der Waals surface area contributed by atoms with Crippen LogP contribution in [0.15, 0.2) is 72.8 Å². The summed E-state index contributed by atoms with van der Waals surface area (Å²) in [7, 11) is 0. The molecular formula is C34H40O10. The van der Waals surface area contributed by atoms with E-state index in [1.54, 1.807) is 49.4 Å². The number of carbonyl (C=O) groups excluding carboxylic acids is 1. The van der Waals surface area contributed by atoms with Gasteiger partial charge in [-0.25, -0.2) is 4.79 Å². The van der Waals surface area contributed by atoms with Crippen LogP contribution in [0.5, 0.6) is 0 Å². The number of aliphatic hydroxyl groups excluding tert-OH is 3. The second-order valence-electron chi connectivity index (χ2n) is 13.7. The maximum absolute atomic E-state index is 13.4. The smallest absolute Gasteiger partial charge is 0.338 e. The van der Waals surface area contributed by atoms with Gasteiger partial charge in [0.15, 0.2) is 0 Å². The summed E-state index contributed by atoms with van der Waals surface area (Å²) >= 11 is 0. The summed E-state index contributed by atoms with van der Waals surface area (Å²) in [5, 5.41) is 59.7. The average molecular weight is 609 g/mol. The van der Waals surface area contributed by atoms with Crippen molar-refractivity contribution in [2.45, 2.75) is 86.4 Å². The lowest BCUT2D eigenvalue weighted by molar-refractivity contribution is -0.446. The van der Waals surface area contributed by atoms with Crippen LogP contribution in [0, 0.1) is 23.7 Å². The Balaban J connectivity index is 1.45. The van der Waals surface area contributed by atoms with Crippen molar-refractivity contribution >= 4 is 5.97 Å². The number of ether oxygens (including phenoxy) is 4. The summed E-state index contributed by atoms with van der Waals surface area (Å²) in [5.41, 5.74) is -6.22. The summed E-state index contributed by atoms with van der Waals surface area (Å²) in [5.74, 6) is -5.54. The number of carbonyl (C=O) groups is 1. The first kappa shape index (κ1) is 30.0. The highest BCUT2D eigenvalue weighted by Crippen LogP contribution is 2.72. The number of benzene rings is 2. The normalized spacial score (nSPS) is 48.7. The van der Waals surface area contributed by atoms with E-state index in [2.05, 4.69) is 6.58 Å². The highest BCUT2D eigenvalue weighted by Gasteiger charge is 2.85. The monoisotopic (exact) mass is 608 g/mol. The topological polar surface area (TPSA) is 155 Å². The molecular weight excluding hydrogens is 568 g/mol. The number of fused-ring (bicyclic) bond motifs is 2. The molecule has 2 saturated heterocycles. The van der Waals surface area contributed by atoms with Gasteiger partial charge >= 0.3 is 11.9 Å². The second kappa shape index (κ2) is 9.67. The standard InChI is InChI=1S/C34H40O10/c1-18(2)31-16-20(4)33-23-15-19(3)26(41-28(37)21-11-7-5-8-12-21)32(23,40)29(38)30(39,17-35)25(36)24(33)27(31)42-34(43-31,44-33)22-13-9-6-10-14-22/h5-14,19-20,23-27,29,35-36,38-40H,1,15-17H2,2-4H3/t19-,20+,23+,24-,25-,26-,27+,29+,30+,31+,32+,33-,34+/m0/s1. The van der Waals surface area contributed by atoms with Gasteiger partial charge in [-0.3, -0.25) is 0 Å². The third-order valence-electron chi connectivity index (χ3n) is 11.4. The molecule has 0 aromatic heterocycles. The first-order valence-electron chi connectivity index (χ1n) is 15.3. The molecule has 0 radical (unpaired) electrons. The number of aliphatic hydroxyl groups is 5. The molecule has 7 rings (SSSR count). The highest BCUT2D eigenvalue weighted by atomic mass is 16.9. The molecule has 3 saturated carbocycles. The van der Waals surface area contributed by atoms with E-state index in [9.17, 15) is 30.3 Å². The molecule has 0 unspecified atom stereocenters. The minimum Gasteiger partial charge on any atom is -0.455 e. The van der Waals surface area contributed by atoms with Gasteiger partial charge in [0.05, 0.1) is 23.9 Å². The average Bonchev–Trinajstić information content (AvgIpc) is 3.40. The van der Waals surface area contributed by atoms with Crippen LogP contribution in [0.25, 0.3) is 0 Å². The van der Waals surface area contributed by atoms with Crippen LogP contribution in [0.4, 0.5) is 0 Å². The van der Waals surface area contributed by atoms with Gasteiger partial charge in [0.2, 0.25) is 0 Å². The molecule has 10 heteroatoms. The van der Waals surface area contributed by atoms with Crippen molar-refractivity contribution in [3.05, 3.63) is 83.9 Å². The fourth-order valence-corrected chi connectivity index (χ4v) is 9.37. The molecule has 44 heavy (non-hydrogen) atoms. The Morgan fingerprint density at radius 1 is 1.02 bits per heavy atom. The van der Waals surface area contributed by atoms with E-state index < -0.39 is 89.0 Å². The predicted molar refractivity (Wildman–Crippen MR) is 155 cm³/mol. The molecule has 13 atom stereocenters. The van der Waals surface area contributed by atoms with Crippen molar-refractivity contribution in [1.29, 1.82) is 0 Å². The largest absolute Gasteiger partial charge is 0.455 e. The van der Waals surface area contributed by atoms with E-state index in [0.29, 0.717) is 17.6 Å². The zero-order chi connectivity index (χ0) is 31.4. The molecule has 10 nitrogen and oxygen atoms in total. The molecule has 0 amide bonds. The van der Waals surface area contributed by atoms with Crippen LogP contribution in [0.2, 0.25) is 0 Å². The van der Waals surface area contributed by atoms with Crippen LogP contribution < -0.4 is 0 Å². The van der Waals surface area contributed by atoms with Crippen LogP contribution >= 0.6 is 0 Å². The Labute approximate surface area is 255 Å². The Bertz CT molecular complexity index is 1470. The van der Waals surface area contributed by atoms with E-state index in [0.717, 1.165) is 0 Å². The Morgan fingerprint density at radius 3 is 2.27 bits per heavy atom. The molecule has 2 aliphatic heterocycles. The lowest BCUT2D eigenvalue weighted by Crippen LogP contribution is -2.73. The molecule has 3 aliphatic carbocycles. The summed E-state index contributed by atoms with van der Waals surface area (Å²) in [6.45, 7) is 8.67. The fourth-order valence-electron chi connectivity index (χ4n) is 9.37. The molecule has 5 aliphatic rings. The van der Waals surface area contributed by atoms with Gasteiger partial charge in [-0.15, -0.1) is 0 Å². The van der Waals surface area contributed by atoms with Gasteiger partial charge < -0.3 is 44.5 Å². The molecule has 2 aromatic carbocycles. The lowest BCUT2D eigenvalue weighted by Gasteiger charge is -2.60. The van der Waals surface area contributed by atoms with Crippen molar-refractivity contribution < 1.29 is 49.3 Å². The van der Waals surface area contributed by atoms with Crippen LogP contribution in [-0.4, -0.2) is 84.9 Å². The van der Waals surface area contributed by atoms with E-state index >= 15 is 0 Å². The first-order chi connectivity index (χ1) is 20.8. The van der Waals surface area contributed by atoms with Gasteiger partial charge in [-0.05, 0) is 49.3 Å². The van der Waals surface area contributed by atoms with E-state index in [-0.39, 0.29) is 12.0 Å². The minimum absolute atomic E-state index is 0.201. The Kier molecular flexibility index (Phi) is 6.59. The summed E-state index contributed by atoms with van der Waals surface area (Å²) in [4.78, 5) is 13.4. The van der Waals surface area contributed by atoms with Crippen LogP contribution in [0.1, 0.15) is 49.5 Å². The summed E-state index contributed by atoms with van der Waals surface area (Å²) < 4.78 is 26.5. The third kappa shape index (κ3) is 3.51. The molecule has 2 heterocycles. The Morgan fingerprint density at radius 2 is 1.66 bits per heavy atom.